The van der Waals surface area contributed by atoms with Crippen LogP contribution in [0.2, 0.25) is 0 Å². The fraction of sp³-hybridized carbons (Fsp3) is 0.375. The maximum atomic E-state index is 13.2. The van der Waals surface area contributed by atoms with E-state index in [0.29, 0.717) is 31.2 Å². The highest BCUT2D eigenvalue weighted by Crippen LogP contribution is 2.27. The van der Waals surface area contributed by atoms with Gasteiger partial charge in [-0.1, -0.05) is 39.0 Å². The lowest BCUT2D eigenvalue weighted by molar-refractivity contribution is 0.300. The summed E-state index contributed by atoms with van der Waals surface area (Å²) in [5.74, 6) is 1.84. The lowest BCUT2D eigenvalue weighted by Gasteiger charge is -2.21. The van der Waals surface area contributed by atoms with E-state index in [2.05, 4.69) is 24.9 Å². The maximum Gasteiger partial charge on any atom is 0.243 e. The summed E-state index contributed by atoms with van der Waals surface area (Å²) in [5, 5.41) is 2.72. The molecule has 3 aromatic rings. The van der Waals surface area contributed by atoms with Gasteiger partial charge in [-0.25, -0.2) is 13.4 Å². The summed E-state index contributed by atoms with van der Waals surface area (Å²) < 4.78 is 39.0. The van der Waals surface area contributed by atoms with Gasteiger partial charge in [0.25, 0.3) is 0 Å². The topological polar surface area (TPSA) is 68.7 Å². The summed E-state index contributed by atoms with van der Waals surface area (Å²) >= 11 is 1.48. The van der Waals surface area contributed by atoms with Crippen LogP contribution in [-0.4, -0.2) is 31.4 Å². The lowest BCUT2D eigenvalue weighted by Crippen LogP contribution is -2.31. The number of sulfonamides is 1. The van der Waals surface area contributed by atoms with Crippen LogP contribution in [0.5, 0.6) is 11.5 Å². The van der Waals surface area contributed by atoms with E-state index in [9.17, 15) is 8.42 Å². The number of ether oxygens (including phenoxy) is 2. The van der Waals surface area contributed by atoms with Crippen LogP contribution >= 0.6 is 11.3 Å². The van der Waals surface area contributed by atoms with Gasteiger partial charge in [0.1, 0.15) is 23.1 Å². The highest BCUT2D eigenvalue weighted by atomic mass is 32.2. The van der Waals surface area contributed by atoms with Crippen molar-refractivity contribution in [1.29, 1.82) is 0 Å². The summed E-state index contributed by atoms with van der Waals surface area (Å²) in [6.45, 7) is 7.22. The van der Waals surface area contributed by atoms with Gasteiger partial charge in [-0.3, -0.25) is 0 Å². The minimum absolute atomic E-state index is 0.223. The Labute approximate surface area is 194 Å². The monoisotopic (exact) mass is 474 g/mol. The maximum absolute atomic E-state index is 13.2. The number of nitrogens with zero attached hydrogens (tertiary/aromatic N) is 2. The molecular formula is C24H30N2O4S2. The molecule has 3 rings (SSSR count). The van der Waals surface area contributed by atoms with Gasteiger partial charge >= 0.3 is 0 Å². The average molecular weight is 475 g/mol. The minimum atomic E-state index is -3.64. The number of rotatable bonds is 11. The number of hydrogen-bond acceptors (Lipinski definition) is 6. The molecule has 0 spiro atoms. The average Bonchev–Trinajstić information content (AvgIpc) is 3.25. The van der Waals surface area contributed by atoms with Crippen molar-refractivity contribution < 1.29 is 17.9 Å². The molecule has 6 nitrogen and oxygen atoms in total. The third-order valence-electron chi connectivity index (χ3n) is 5.00. The Morgan fingerprint density at radius 1 is 1.09 bits per heavy atom. The van der Waals surface area contributed by atoms with Crippen LogP contribution in [0.25, 0.3) is 0 Å². The molecule has 0 saturated heterocycles. The van der Waals surface area contributed by atoms with E-state index in [1.807, 2.05) is 30.5 Å². The van der Waals surface area contributed by atoms with Gasteiger partial charge in [0.05, 0.1) is 24.2 Å². The molecule has 32 heavy (non-hydrogen) atoms. The molecule has 0 aliphatic heterocycles. The van der Waals surface area contributed by atoms with Gasteiger partial charge in [0.2, 0.25) is 10.0 Å². The molecule has 0 aliphatic carbocycles. The molecule has 0 unspecified atom stereocenters. The number of para-hydroxylation sites is 1. The molecule has 0 amide bonds. The SMILES string of the molecule is CCCN(Cc1csc(COc2ccccc2C(C)C)n1)S(=O)(=O)c1ccc(OC)cc1. The third-order valence-corrected chi connectivity index (χ3v) is 7.73. The molecule has 0 bridgehead atoms. The molecular weight excluding hydrogens is 444 g/mol. The van der Waals surface area contributed by atoms with E-state index in [1.165, 1.54) is 15.6 Å². The van der Waals surface area contributed by atoms with Gasteiger partial charge in [-0.2, -0.15) is 4.31 Å². The van der Waals surface area contributed by atoms with E-state index in [4.69, 9.17) is 9.47 Å². The first kappa shape index (κ1) is 24.2. The van der Waals surface area contributed by atoms with Crippen molar-refractivity contribution in [3.63, 3.8) is 0 Å². The summed E-state index contributed by atoms with van der Waals surface area (Å²) in [6, 6.07) is 14.5. The Morgan fingerprint density at radius 3 is 2.47 bits per heavy atom. The number of methoxy groups -OCH3 is 1. The quantitative estimate of drug-likeness (QED) is 0.369. The van der Waals surface area contributed by atoms with E-state index < -0.39 is 10.0 Å². The normalized spacial score (nSPS) is 11.8. The summed E-state index contributed by atoms with van der Waals surface area (Å²) in [5.41, 5.74) is 1.88. The van der Waals surface area contributed by atoms with Gasteiger partial charge in [-0.05, 0) is 48.2 Å². The van der Waals surface area contributed by atoms with Gasteiger partial charge in [-0.15, -0.1) is 11.3 Å². The fourth-order valence-electron chi connectivity index (χ4n) is 3.33. The second-order valence-electron chi connectivity index (χ2n) is 7.73. The van der Waals surface area contributed by atoms with Crippen LogP contribution < -0.4 is 9.47 Å². The van der Waals surface area contributed by atoms with Crippen molar-refractivity contribution in [2.24, 2.45) is 0 Å². The molecule has 2 aromatic carbocycles. The smallest absolute Gasteiger partial charge is 0.243 e. The summed E-state index contributed by atoms with van der Waals surface area (Å²) in [4.78, 5) is 4.87. The Kier molecular flexibility index (Phi) is 8.28. The largest absolute Gasteiger partial charge is 0.497 e. The Hall–Kier alpha value is -2.42. The Balaban J connectivity index is 1.71. The van der Waals surface area contributed by atoms with Gasteiger partial charge in [0.15, 0.2) is 0 Å². The Morgan fingerprint density at radius 2 is 1.81 bits per heavy atom. The third kappa shape index (κ3) is 5.88. The summed E-state index contributed by atoms with van der Waals surface area (Å²) in [7, 11) is -2.08. The minimum Gasteiger partial charge on any atom is -0.497 e. The molecule has 0 atom stereocenters. The van der Waals surface area contributed by atoms with E-state index >= 15 is 0 Å². The first-order valence-corrected chi connectivity index (χ1v) is 13.0. The van der Waals surface area contributed by atoms with E-state index in [1.54, 1.807) is 31.4 Å². The highest BCUT2D eigenvalue weighted by Gasteiger charge is 2.25. The zero-order valence-electron chi connectivity index (χ0n) is 18.9. The number of aromatic nitrogens is 1. The van der Waals surface area contributed by atoms with Gasteiger partial charge in [0, 0.05) is 11.9 Å². The van der Waals surface area contributed by atoms with Crippen molar-refractivity contribution in [2.45, 2.75) is 51.2 Å². The van der Waals surface area contributed by atoms with Crippen LogP contribution in [0, 0.1) is 0 Å². The predicted molar refractivity (Wildman–Crippen MR) is 128 cm³/mol. The molecule has 8 heteroatoms. The molecule has 0 radical (unpaired) electrons. The molecule has 1 aromatic heterocycles. The van der Waals surface area contributed by atoms with Crippen molar-refractivity contribution >= 4 is 21.4 Å². The van der Waals surface area contributed by atoms with E-state index in [0.717, 1.165) is 22.0 Å². The van der Waals surface area contributed by atoms with E-state index in [-0.39, 0.29) is 11.4 Å². The number of hydrogen-bond donors (Lipinski definition) is 0. The van der Waals surface area contributed by atoms with Crippen LogP contribution in [0.4, 0.5) is 0 Å². The van der Waals surface area contributed by atoms with Crippen LogP contribution in [-0.2, 0) is 23.2 Å². The summed E-state index contributed by atoms with van der Waals surface area (Å²) in [6.07, 6.45) is 0.710. The Bertz CT molecular complexity index is 1110. The molecule has 0 N–H and O–H groups in total. The second-order valence-corrected chi connectivity index (χ2v) is 10.6. The molecule has 0 aliphatic rings. The predicted octanol–water partition coefficient (Wildman–Crippen LogP) is 5.46. The van der Waals surface area contributed by atoms with Crippen molar-refractivity contribution in [3.8, 4) is 11.5 Å². The molecule has 172 valence electrons. The van der Waals surface area contributed by atoms with Crippen molar-refractivity contribution in [2.75, 3.05) is 13.7 Å². The molecule has 0 saturated carbocycles. The van der Waals surface area contributed by atoms with Crippen LogP contribution in [0.3, 0.4) is 0 Å². The number of thiazole rings is 1. The molecule has 0 fully saturated rings. The van der Waals surface area contributed by atoms with Gasteiger partial charge < -0.3 is 9.47 Å². The first-order chi connectivity index (χ1) is 15.3. The van der Waals surface area contributed by atoms with Crippen molar-refractivity contribution in [3.05, 3.63) is 70.2 Å². The zero-order valence-corrected chi connectivity index (χ0v) is 20.6. The first-order valence-electron chi connectivity index (χ1n) is 10.6. The lowest BCUT2D eigenvalue weighted by atomic mass is 10.0. The zero-order chi connectivity index (χ0) is 23.1. The second kappa shape index (κ2) is 10.9. The highest BCUT2D eigenvalue weighted by molar-refractivity contribution is 7.89. The van der Waals surface area contributed by atoms with Crippen LogP contribution in [0.1, 0.15) is 49.4 Å². The standard InChI is InChI=1S/C24H30N2O4S2/c1-5-14-26(32(27,28)21-12-10-20(29-4)11-13-21)15-19-17-31-24(25-19)16-30-23-9-7-6-8-22(23)18(2)3/h6-13,17-18H,5,14-16H2,1-4H3. The van der Waals surface area contributed by atoms with Crippen LogP contribution in [0.15, 0.2) is 58.8 Å². The number of benzene rings is 2. The fourth-order valence-corrected chi connectivity index (χ4v) is 5.53. The molecule has 1 heterocycles. The van der Waals surface area contributed by atoms with Crippen molar-refractivity contribution in [1.82, 2.24) is 9.29 Å².